The van der Waals surface area contributed by atoms with Crippen LogP contribution in [0.5, 0.6) is 0 Å². The van der Waals surface area contributed by atoms with Crippen molar-refractivity contribution in [1.82, 2.24) is 35.6 Å². The van der Waals surface area contributed by atoms with E-state index in [0.717, 1.165) is 24.9 Å². The second kappa shape index (κ2) is 38.5. The van der Waals surface area contributed by atoms with Crippen LogP contribution in [0.2, 0.25) is 0 Å². The van der Waals surface area contributed by atoms with E-state index < -0.39 is 59.7 Å². The van der Waals surface area contributed by atoms with Crippen molar-refractivity contribution in [3.05, 3.63) is 77.9 Å². The first-order chi connectivity index (χ1) is 44.7. The van der Waals surface area contributed by atoms with Gasteiger partial charge in [-0.15, -0.1) is 0 Å². The number of hydrogen-bond donors (Lipinski definition) is 5. The average Bonchev–Trinajstić information content (AvgIpc) is 1.47. The Labute approximate surface area is 558 Å². The van der Waals surface area contributed by atoms with Crippen molar-refractivity contribution < 1.29 is 62.2 Å². The topological polar surface area (TPSA) is 285 Å². The molecule has 3 aliphatic heterocycles. The van der Waals surface area contributed by atoms with E-state index >= 15 is 0 Å². The summed E-state index contributed by atoms with van der Waals surface area (Å²) in [6.07, 6.45) is 9.37. The number of nitrogens with one attached hydrogen (secondary N) is 4. The molecule has 2 aromatic rings. The van der Waals surface area contributed by atoms with E-state index in [-0.39, 0.29) is 109 Å². The van der Waals surface area contributed by atoms with Crippen LogP contribution in [0.15, 0.2) is 66.7 Å². The molecule has 0 radical (unpaired) electrons. The van der Waals surface area contributed by atoms with E-state index in [4.69, 9.17) is 19.9 Å². The van der Waals surface area contributed by atoms with E-state index in [9.17, 15) is 47.9 Å². The molecule has 0 aliphatic carbocycles. The molecule has 94 heavy (non-hydrogen) atoms. The van der Waals surface area contributed by atoms with Crippen LogP contribution >= 0.6 is 0 Å². The minimum atomic E-state index is -0.667. The summed E-state index contributed by atoms with van der Waals surface area (Å²) in [6.45, 7) is 17.9. The first-order valence-corrected chi connectivity index (χ1v) is 34.3. The van der Waals surface area contributed by atoms with Crippen molar-refractivity contribution in [2.45, 2.75) is 207 Å². The highest BCUT2D eigenvalue weighted by molar-refractivity contribution is 6.12. The number of likely N-dealkylation sites (tertiary alicyclic amines) is 2. The van der Waals surface area contributed by atoms with Gasteiger partial charge in [-0.3, -0.25) is 48.2 Å². The number of methoxy groups -OCH3 is 2. The highest BCUT2D eigenvalue weighted by Crippen LogP contribution is 2.35. The van der Waals surface area contributed by atoms with E-state index in [2.05, 4.69) is 26.2 Å². The van der Waals surface area contributed by atoms with Crippen LogP contribution < -0.4 is 27.0 Å². The fourth-order valence-electron chi connectivity index (χ4n) is 13.7. The molecule has 0 saturated carbocycles. The fraction of sp³-hybridized carbons (Fsp3) is 0.667. The molecule has 9 amide bonds. The lowest BCUT2D eigenvalue weighted by molar-refractivity contribution is -0.149. The quantitative estimate of drug-likeness (QED) is 0.0307. The molecule has 5 rings (SSSR count). The molecule has 2 aromatic carbocycles. The van der Waals surface area contributed by atoms with Gasteiger partial charge in [0, 0.05) is 108 Å². The summed E-state index contributed by atoms with van der Waals surface area (Å²) in [6, 6.07) is 15.1. The van der Waals surface area contributed by atoms with Gasteiger partial charge in [0.1, 0.15) is 12.4 Å². The molecule has 3 heterocycles. The van der Waals surface area contributed by atoms with Crippen molar-refractivity contribution in [3.8, 4) is 0 Å². The van der Waals surface area contributed by atoms with Crippen molar-refractivity contribution in [3.63, 3.8) is 0 Å². The van der Waals surface area contributed by atoms with Gasteiger partial charge < -0.3 is 51.0 Å². The van der Waals surface area contributed by atoms with Crippen molar-refractivity contribution in [1.29, 1.82) is 0 Å². The van der Waals surface area contributed by atoms with Gasteiger partial charge in [0.05, 0.1) is 36.3 Å². The number of urea groups is 1. The predicted octanol–water partition coefficient (Wildman–Crippen LogP) is 8.78. The van der Waals surface area contributed by atoms with Gasteiger partial charge in [-0.1, -0.05) is 104 Å². The maximum Gasteiger partial charge on any atom is 0.407 e. The van der Waals surface area contributed by atoms with Gasteiger partial charge in [-0.2, -0.15) is 0 Å². The Balaban J connectivity index is 1.15. The lowest BCUT2D eigenvalue weighted by Gasteiger charge is -2.40. The normalized spacial score (nSPS) is 19.2. The van der Waals surface area contributed by atoms with Crippen LogP contribution in [0.3, 0.4) is 0 Å². The molecule has 2 fully saturated rings. The zero-order chi connectivity index (χ0) is 69.2. The Kier molecular flexibility index (Phi) is 31.8. The van der Waals surface area contributed by atoms with Gasteiger partial charge in [0.2, 0.25) is 23.6 Å². The second-order valence-electron chi connectivity index (χ2n) is 27.5. The molecule has 3 aliphatic rings. The van der Waals surface area contributed by atoms with Crippen LogP contribution in [-0.4, -0.2) is 176 Å². The third-order valence-corrected chi connectivity index (χ3v) is 19.7. The van der Waals surface area contributed by atoms with Gasteiger partial charge in [-0.25, -0.2) is 9.59 Å². The maximum absolute atomic E-state index is 14.6. The number of nitrogens with two attached hydrogens (primary N) is 1. The number of likely N-dealkylation sites (N-methyl/N-ethyl adjacent to an activating group) is 2. The monoisotopic (exact) mass is 1310 g/mol. The highest BCUT2D eigenvalue weighted by Gasteiger charge is 2.46. The van der Waals surface area contributed by atoms with Crippen LogP contribution in [0.1, 0.15) is 169 Å². The van der Waals surface area contributed by atoms with Gasteiger partial charge in [0.25, 0.3) is 11.8 Å². The zero-order valence-corrected chi connectivity index (χ0v) is 58.2. The number of unbranched alkanes of at least 4 members (excludes halogenated alkanes) is 3. The number of alkyl carbamates (subject to hydrolysis) is 1. The number of primary amides is 1. The fourth-order valence-corrected chi connectivity index (χ4v) is 13.7. The number of anilines is 1. The molecule has 0 aromatic heterocycles. The second-order valence-corrected chi connectivity index (χ2v) is 27.5. The molecule has 10 atom stereocenters. The molecule has 22 heteroatoms. The summed E-state index contributed by atoms with van der Waals surface area (Å²) in [7, 11) is 6.85. The minimum absolute atomic E-state index is 0.000469. The SMILES string of the molecule is CO[C@H]([C@@H](C)C(=O)C[C@H](CNC(=O)OCc1ccc(NC(=O)[C@H](CCCCNC(N)=O)CC[C@@H](NC(=O)CCCCCN2C(=O)C=CC2=O)C(C)C)cc1)Cc1ccccc1)[C@@H]1CCCN1C(=O)C[C@@H](OC)[C@H](C(C)C)N(C)C(=O)[C@@H](CC(=O)[C@]1(C)CCCN1C)C(C)C. The van der Waals surface area contributed by atoms with Crippen LogP contribution in [0, 0.1) is 41.4 Å². The first kappa shape index (κ1) is 77.7. The first-order valence-electron chi connectivity index (χ1n) is 34.3. The highest BCUT2D eigenvalue weighted by atomic mass is 16.5. The minimum Gasteiger partial charge on any atom is -0.445 e. The van der Waals surface area contributed by atoms with Gasteiger partial charge in [-0.05, 0) is 138 Å². The Bertz CT molecular complexity index is 2830. The zero-order valence-electron chi connectivity index (χ0n) is 58.2. The number of nitrogens with zero attached hydrogens (tertiary/aromatic N) is 4. The lowest BCUT2D eigenvalue weighted by Crippen LogP contribution is -2.54. The molecule has 0 bridgehead atoms. The molecule has 0 unspecified atom stereocenters. The van der Waals surface area contributed by atoms with E-state index in [1.54, 1.807) is 50.4 Å². The number of ether oxygens (including phenoxy) is 3. The molecule has 2 saturated heterocycles. The summed E-state index contributed by atoms with van der Waals surface area (Å²) >= 11 is 0. The van der Waals surface area contributed by atoms with Gasteiger partial charge >= 0.3 is 12.1 Å². The number of carbonyl (C=O) groups excluding carboxylic acids is 10. The molecule has 22 nitrogen and oxygen atoms in total. The Morgan fingerprint density at radius 2 is 1.44 bits per heavy atom. The molecule has 6 N–H and O–H groups in total. The predicted molar refractivity (Wildman–Crippen MR) is 362 cm³/mol. The number of amides is 9. The molecule has 0 spiro atoms. The van der Waals surface area contributed by atoms with Crippen LogP contribution in [0.25, 0.3) is 0 Å². The summed E-state index contributed by atoms with van der Waals surface area (Å²) in [5.41, 5.74) is 6.87. The standard InChI is InChI=1S/C72H111N9O13/c1-47(2)56(43-61(83)72(8)36-22-38-78(72)9)69(89)79(10)66(49(5)6)60(92-11)44-65(87)80-40-21-26-58(80)67(93-12)50(7)59(82)42-53(41-51-23-15-13-16-24-51)45-75-71(91)94-46-52-28-31-55(32-29-52)76-68(88)54(25-18-19-37-74-70(73)90)30-33-57(48(3)4)77-62(84)27-17-14-20-39-81-63(85)34-35-64(81)86/h13,15-16,23-24,28-29,31-32,34-35,47-50,53-54,56-58,60,66-67H,14,17-22,25-27,30,33,36-46H2,1-12H3,(H,75,91)(H,76,88)(H,77,84)(H3,73,74,90)/t50-,53+,54+,56-,57+,58-,60+,66-,67+,72-/m0/s1. The van der Waals surface area contributed by atoms with Crippen LogP contribution in [0.4, 0.5) is 15.3 Å². The van der Waals surface area contributed by atoms with Crippen LogP contribution in [-0.2, 0) is 65.6 Å². The summed E-state index contributed by atoms with van der Waals surface area (Å²) in [5, 5.41) is 11.7. The smallest absolute Gasteiger partial charge is 0.407 e. The summed E-state index contributed by atoms with van der Waals surface area (Å²) in [4.78, 5) is 140. The lowest BCUT2D eigenvalue weighted by atomic mass is 9.81. The van der Waals surface area contributed by atoms with Gasteiger partial charge in [0.15, 0.2) is 5.78 Å². The third kappa shape index (κ3) is 23.4. The molecular weight excluding hydrogens is 1200 g/mol. The Morgan fingerprint density at radius 1 is 0.745 bits per heavy atom. The molecule has 522 valence electrons. The molecular formula is C72H111N9O13. The van der Waals surface area contributed by atoms with E-state index in [0.29, 0.717) is 108 Å². The maximum atomic E-state index is 14.6. The van der Waals surface area contributed by atoms with Crippen molar-refractivity contribution in [2.75, 3.05) is 66.4 Å². The summed E-state index contributed by atoms with van der Waals surface area (Å²) < 4.78 is 17.9. The van der Waals surface area contributed by atoms with E-state index in [1.165, 1.54) is 17.1 Å². The number of hydrogen-bond acceptors (Lipinski definition) is 14. The summed E-state index contributed by atoms with van der Waals surface area (Å²) in [5.74, 6) is -3.22. The Morgan fingerprint density at radius 3 is 2.04 bits per heavy atom. The average molecular weight is 1310 g/mol. The largest absolute Gasteiger partial charge is 0.445 e. The number of rotatable bonds is 41. The Hall–Kier alpha value is -7.04. The number of benzene rings is 2. The number of imide groups is 1. The third-order valence-electron chi connectivity index (χ3n) is 19.7. The van der Waals surface area contributed by atoms with E-state index in [1.807, 2.05) is 97.7 Å². The van der Waals surface area contributed by atoms with Crippen molar-refractivity contribution >= 4 is 64.8 Å². The number of carbonyl (C=O) groups is 10. The van der Waals surface area contributed by atoms with Crippen molar-refractivity contribution in [2.24, 2.45) is 47.2 Å². The number of ketones is 2. The number of Topliss-reactive ketones (excluding diaryl/α,β-unsaturated/α-hetero) is 2.